The minimum absolute atomic E-state index is 0.418. The van der Waals surface area contributed by atoms with Gasteiger partial charge in [-0.2, -0.15) is 0 Å². The second-order valence-electron chi connectivity index (χ2n) is 6.66. The van der Waals surface area contributed by atoms with E-state index in [-0.39, 0.29) is 0 Å². The number of ether oxygens (including phenoxy) is 1. The van der Waals surface area contributed by atoms with Crippen molar-refractivity contribution in [2.24, 2.45) is 0 Å². The van der Waals surface area contributed by atoms with Crippen LogP contribution in [0.4, 0.5) is 5.82 Å². The second kappa shape index (κ2) is 7.40. The molecule has 0 radical (unpaired) electrons. The standard InChI is InChI=1S/C20H23N3OS/c1-14-12-25-19-18(14)22-13-23-20(19)21-11-10-15-6-8-17(9-7-15)24-16-4-2-3-5-16/h6-9,12-13,16H,2-5,10-11H2,1H3,(H,21,22,23). The number of hydrogen-bond acceptors (Lipinski definition) is 5. The molecular formula is C20H23N3OS. The Labute approximate surface area is 152 Å². The minimum atomic E-state index is 0.418. The van der Waals surface area contributed by atoms with E-state index >= 15 is 0 Å². The van der Waals surface area contributed by atoms with Crippen LogP contribution in [0.5, 0.6) is 5.75 Å². The molecule has 0 unspecified atom stereocenters. The molecule has 0 aliphatic heterocycles. The van der Waals surface area contributed by atoms with E-state index in [2.05, 4.69) is 51.9 Å². The van der Waals surface area contributed by atoms with E-state index in [1.807, 2.05) is 0 Å². The van der Waals surface area contributed by atoms with Crippen molar-refractivity contribution in [3.63, 3.8) is 0 Å². The summed E-state index contributed by atoms with van der Waals surface area (Å²) in [5, 5.41) is 5.58. The first kappa shape index (κ1) is 16.3. The monoisotopic (exact) mass is 353 g/mol. The van der Waals surface area contributed by atoms with Crippen molar-refractivity contribution in [1.82, 2.24) is 9.97 Å². The fraction of sp³-hybridized carbons (Fsp3) is 0.400. The van der Waals surface area contributed by atoms with Gasteiger partial charge in [0.15, 0.2) is 0 Å². The van der Waals surface area contributed by atoms with Crippen molar-refractivity contribution in [1.29, 1.82) is 0 Å². The lowest BCUT2D eigenvalue weighted by Gasteiger charge is -2.13. The van der Waals surface area contributed by atoms with Crippen molar-refractivity contribution >= 4 is 27.4 Å². The topological polar surface area (TPSA) is 47.0 Å². The van der Waals surface area contributed by atoms with Crippen molar-refractivity contribution in [2.45, 2.75) is 45.1 Å². The molecule has 0 bridgehead atoms. The lowest BCUT2D eigenvalue weighted by atomic mass is 10.1. The molecule has 130 valence electrons. The molecule has 0 atom stereocenters. The van der Waals surface area contributed by atoms with Crippen LogP contribution in [-0.2, 0) is 6.42 Å². The molecule has 2 aromatic heterocycles. The summed E-state index contributed by atoms with van der Waals surface area (Å²) in [7, 11) is 0. The third-order valence-electron chi connectivity index (χ3n) is 4.77. The third kappa shape index (κ3) is 3.76. The van der Waals surface area contributed by atoms with Gasteiger partial charge in [0.05, 0.1) is 16.3 Å². The fourth-order valence-electron chi connectivity index (χ4n) is 3.35. The number of hydrogen-bond donors (Lipinski definition) is 1. The van der Waals surface area contributed by atoms with Gasteiger partial charge in [-0.25, -0.2) is 9.97 Å². The Morgan fingerprint density at radius 3 is 2.76 bits per heavy atom. The first-order chi connectivity index (χ1) is 12.3. The number of thiophene rings is 1. The largest absolute Gasteiger partial charge is 0.490 e. The molecule has 1 fully saturated rings. The summed E-state index contributed by atoms with van der Waals surface area (Å²) in [6.45, 7) is 2.94. The maximum Gasteiger partial charge on any atom is 0.147 e. The molecule has 4 nitrogen and oxygen atoms in total. The Balaban J connectivity index is 1.33. The maximum atomic E-state index is 6.02. The highest BCUT2D eigenvalue weighted by Crippen LogP contribution is 2.28. The lowest BCUT2D eigenvalue weighted by Crippen LogP contribution is -2.11. The lowest BCUT2D eigenvalue weighted by molar-refractivity contribution is 0.210. The van der Waals surface area contributed by atoms with Gasteiger partial charge < -0.3 is 10.1 Å². The average molecular weight is 353 g/mol. The SMILES string of the molecule is Cc1csc2c(NCCc3ccc(OC4CCCC4)cc3)ncnc12. The van der Waals surface area contributed by atoms with Gasteiger partial charge in [-0.05, 0) is 67.7 Å². The Kier molecular flexibility index (Phi) is 4.83. The average Bonchev–Trinajstić information content (AvgIpc) is 3.27. The van der Waals surface area contributed by atoms with Crippen LogP contribution in [0.25, 0.3) is 10.2 Å². The van der Waals surface area contributed by atoms with E-state index in [9.17, 15) is 0 Å². The molecule has 4 rings (SSSR count). The first-order valence-electron chi connectivity index (χ1n) is 8.98. The summed E-state index contributed by atoms with van der Waals surface area (Å²) in [6.07, 6.45) is 8.01. The van der Waals surface area contributed by atoms with Gasteiger partial charge in [0.2, 0.25) is 0 Å². The number of nitrogens with one attached hydrogen (secondary N) is 1. The van der Waals surface area contributed by atoms with Crippen molar-refractivity contribution < 1.29 is 4.74 Å². The highest BCUT2D eigenvalue weighted by Gasteiger charge is 2.16. The van der Waals surface area contributed by atoms with Crippen LogP contribution in [0.15, 0.2) is 36.0 Å². The van der Waals surface area contributed by atoms with Crippen molar-refractivity contribution in [3.8, 4) is 5.75 Å². The number of aromatic nitrogens is 2. The number of rotatable bonds is 6. The third-order valence-corrected chi connectivity index (χ3v) is 5.86. The van der Waals surface area contributed by atoms with Crippen molar-refractivity contribution in [2.75, 3.05) is 11.9 Å². The molecule has 0 spiro atoms. The summed E-state index contributed by atoms with van der Waals surface area (Å²) in [5.74, 6) is 1.93. The van der Waals surface area contributed by atoms with E-state index in [1.165, 1.54) is 36.8 Å². The molecule has 0 amide bonds. The molecule has 5 heteroatoms. The zero-order chi connectivity index (χ0) is 17.1. The summed E-state index contributed by atoms with van der Waals surface area (Å²) < 4.78 is 7.16. The second-order valence-corrected chi connectivity index (χ2v) is 7.54. The van der Waals surface area contributed by atoms with Crippen molar-refractivity contribution in [3.05, 3.63) is 47.1 Å². The van der Waals surface area contributed by atoms with Gasteiger partial charge in [-0.1, -0.05) is 12.1 Å². The summed E-state index contributed by atoms with van der Waals surface area (Å²) in [5.41, 5.74) is 3.57. The summed E-state index contributed by atoms with van der Waals surface area (Å²) >= 11 is 1.70. The van der Waals surface area contributed by atoms with Gasteiger partial charge in [-0.3, -0.25) is 0 Å². The van der Waals surface area contributed by atoms with E-state index in [4.69, 9.17) is 4.74 Å². The molecule has 2 heterocycles. The predicted molar refractivity (Wildman–Crippen MR) is 104 cm³/mol. The van der Waals surface area contributed by atoms with Crippen LogP contribution in [0.2, 0.25) is 0 Å². The molecule has 25 heavy (non-hydrogen) atoms. The molecule has 1 aliphatic rings. The normalized spacial score (nSPS) is 14.9. The Morgan fingerprint density at radius 2 is 1.96 bits per heavy atom. The maximum absolute atomic E-state index is 6.02. The van der Waals surface area contributed by atoms with Gasteiger partial charge in [0, 0.05) is 6.54 Å². The number of anilines is 1. The van der Waals surface area contributed by atoms with E-state index in [0.29, 0.717) is 6.10 Å². The van der Waals surface area contributed by atoms with Gasteiger partial charge in [0.25, 0.3) is 0 Å². The van der Waals surface area contributed by atoms with Crippen LogP contribution in [0.1, 0.15) is 36.8 Å². The van der Waals surface area contributed by atoms with Crippen LogP contribution in [0.3, 0.4) is 0 Å². The Bertz CT molecular complexity index is 838. The summed E-state index contributed by atoms with van der Waals surface area (Å²) in [4.78, 5) is 8.76. The van der Waals surface area contributed by atoms with E-state index < -0.39 is 0 Å². The molecule has 1 N–H and O–H groups in total. The van der Waals surface area contributed by atoms with Gasteiger partial charge in [-0.15, -0.1) is 11.3 Å². The summed E-state index contributed by atoms with van der Waals surface area (Å²) in [6, 6.07) is 8.52. The zero-order valence-corrected chi connectivity index (χ0v) is 15.3. The molecule has 0 saturated heterocycles. The quantitative estimate of drug-likeness (QED) is 0.679. The molecule has 3 aromatic rings. The molecule has 1 aliphatic carbocycles. The Morgan fingerprint density at radius 1 is 1.16 bits per heavy atom. The van der Waals surface area contributed by atoms with Crippen LogP contribution >= 0.6 is 11.3 Å². The van der Waals surface area contributed by atoms with Crippen LogP contribution in [-0.4, -0.2) is 22.6 Å². The van der Waals surface area contributed by atoms with E-state index in [0.717, 1.165) is 34.7 Å². The zero-order valence-electron chi connectivity index (χ0n) is 14.5. The molecular weight excluding hydrogens is 330 g/mol. The highest BCUT2D eigenvalue weighted by atomic mass is 32.1. The van der Waals surface area contributed by atoms with Gasteiger partial charge in [0.1, 0.15) is 17.9 Å². The Hall–Kier alpha value is -2.14. The minimum Gasteiger partial charge on any atom is -0.490 e. The van der Waals surface area contributed by atoms with E-state index in [1.54, 1.807) is 17.7 Å². The van der Waals surface area contributed by atoms with Crippen LogP contribution in [0, 0.1) is 6.92 Å². The molecule has 1 saturated carbocycles. The van der Waals surface area contributed by atoms with Gasteiger partial charge >= 0.3 is 0 Å². The smallest absolute Gasteiger partial charge is 0.147 e. The number of benzene rings is 1. The van der Waals surface area contributed by atoms with Crippen LogP contribution < -0.4 is 10.1 Å². The highest BCUT2D eigenvalue weighted by molar-refractivity contribution is 7.18. The number of aryl methyl sites for hydroxylation is 1. The first-order valence-corrected chi connectivity index (χ1v) is 9.86. The predicted octanol–water partition coefficient (Wildman–Crippen LogP) is 4.98. The number of nitrogens with zero attached hydrogens (tertiary/aromatic N) is 2. The molecule has 1 aromatic carbocycles. The fourth-order valence-corrected chi connectivity index (χ4v) is 4.32. The number of fused-ring (bicyclic) bond motifs is 1.